The van der Waals surface area contributed by atoms with E-state index in [1.807, 2.05) is 0 Å². The van der Waals surface area contributed by atoms with Gasteiger partial charge in [-0.2, -0.15) is 0 Å². The topological polar surface area (TPSA) is 54.5 Å². The number of rotatable bonds is 4. The molecule has 1 aliphatic heterocycles. The predicted molar refractivity (Wildman–Crippen MR) is 50.7 cm³/mol. The van der Waals surface area contributed by atoms with Gasteiger partial charge in [0.1, 0.15) is 5.78 Å². The van der Waals surface area contributed by atoms with Crippen LogP contribution in [0.2, 0.25) is 0 Å². The van der Waals surface area contributed by atoms with Gasteiger partial charge in [-0.3, -0.25) is 19.3 Å². The molecule has 1 unspecified atom stereocenters. The van der Waals surface area contributed by atoms with Gasteiger partial charge in [-0.25, -0.2) is 4.39 Å². The van der Waals surface area contributed by atoms with Crippen LogP contribution >= 0.6 is 0 Å². The second kappa shape index (κ2) is 4.51. The van der Waals surface area contributed by atoms with E-state index >= 15 is 0 Å². The van der Waals surface area contributed by atoms with E-state index < -0.39 is 18.0 Å². The quantitative estimate of drug-likeness (QED) is 0.648. The van der Waals surface area contributed by atoms with Gasteiger partial charge >= 0.3 is 0 Å². The number of carbonyl (C=O) groups is 3. The van der Waals surface area contributed by atoms with E-state index in [-0.39, 0.29) is 31.1 Å². The maximum absolute atomic E-state index is 12.8. The summed E-state index contributed by atoms with van der Waals surface area (Å²) >= 11 is 0. The van der Waals surface area contributed by atoms with Crippen LogP contribution in [-0.2, 0) is 14.4 Å². The van der Waals surface area contributed by atoms with Crippen molar-refractivity contribution in [2.24, 2.45) is 5.92 Å². The largest absolute Gasteiger partial charge is 0.299 e. The highest BCUT2D eigenvalue weighted by atomic mass is 19.1. The number of ketones is 1. The molecule has 2 amide bonds. The standard InChI is InChI=1S/C10H14FNO3/c1-6(2)8(13)3-4-12-9(14)5-7(11)10(12)15/h6-7H,3-5H2,1-2H3. The summed E-state index contributed by atoms with van der Waals surface area (Å²) in [4.78, 5) is 34.3. The molecule has 0 bridgehead atoms. The molecule has 4 nitrogen and oxygen atoms in total. The average molecular weight is 215 g/mol. The fourth-order valence-corrected chi connectivity index (χ4v) is 1.39. The van der Waals surface area contributed by atoms with Gasteiger partial charge in [-0.05, 0) is 0 Å². The third kappa shape index (κ3) is 2.61. The van der Waals surface area contributed by atoms with E-state index in [2.05, 4.69) is 0 Å². The lowest BCUT2D eigenvalue weighted by molar-refractivity contribution is -0.140. The van der Waals surface area contributed by atoms with Crippen molar-refractivity contribution in [2.45, 2.75) is 32.9 Å². The zero-order chi connectivity index (χ0) is 11.6. The fourth-order valence-electron chi connectivity index (χ4n) is 1.39. The molecule has 1 saturated heterocycles. The lowest BCUT2D eigenvalue weighted by Gasteiger charge is -2.13. The number of alkyl halides is 1. The van der Waals surface area contributed by atoms with Crippen LogP contribution in [0.3, 0.4) is 0 Å². The minimum absolute atomic E-state index is 0.00903. The minimum atomic E-state index is -1.72. The van der Waals surface area contributed by atoms with E-state index in [1.165, 1.54) is 0 Å². The molecule has 0 N–H and O–H groups in total. The first-order valence-electron chi connectivity index (χ1n) is 4.94. The molecule has 0 aromatic rings. The molecule has 0 aliphatic carbocycles. The zero-order valence-electron chi connectivity index (χ0n) is 8.83. The average Bonchev–Trinajstić information content (AvgIpc) is 2.38. The van der Waals surface area contributed by atoms with Crippen LogP contribution in [0.1, 0.15) is 26.7 Å². The molecule has 0 aromatic carbocycles. The van der Waals surface area contributed by atoms with Crippen LogP contribution in [0, 0.1) is 5.92 Å². The van der Waals surface area contributed by atoms with E-state index in [1.54, 1.807) is 13.8 Å². The van der Waals surface area contributed by atoms with Crippen molar-refractivity contribution in [2.75, 3.05) is 6.54 Å². The number of halogens is 1. The molecule has 0 spiro atoms. The summed E-state index contributed by atoms with van der Waals surface area (Å²) < 4.78 is 12.8. The normalized spacial score (nSPS) is 21.6. The Morgan fingerprint density at radius 1 is 1.53 bits per heavy atom. The number of hydrogen-bond acceptors (Lipinski definition) is 3. The van der Waals surface area contributed by atoms with Crippen molar-refractivity contribution >= 4 is 17.6 Å². The Morgan fingerprint density at radius 3 is 2.53 bits per heavy atom. The summed E-state index contributed by atoms with van der Waals surface area (Å²) in [6.07, 6.45) is -1.98. The predicted octanol–water partition coefficient (Wildman–Crippen LogP) is 0.699. The number of Topliss-reactive ketones (excluding diaryl/α,β-unsaturated/α-hetero) is 1. The molecular weight excluding hydrogens is 201 g/mol. The van der Waals surface area contributed by atoms with Crippen molar-refractivity contribution in [3.05, 3.63) is 0 Å². The molecule has 0 aromatic heterocycles. The van der Waals surface area contributed by atoms with Crippen molar-refractivity contribution in [3.63, 3.8) is 0 Å². The summed E-state index contributed by atoms with van der Waals surface area (Å²) in [5, 5.41) is 0. The van der Waals surface area contributed by atoms with Crippen LogP contribution < -0.4 is 0 Å². The maximum atomic E-state index is 12.8. The second-order valence-electron chi connectivity index (χ2n) is 3.93. The van der Waals surface area contributed by atoms with Crippen LogP contribution in [-0.4, -0.2) is 35.2 Å². The number of hydrogen-bond donors (Lipinski definition) is 0. The van der Waals surface area contributed by atoms with Crippen molar-refractivity contribution in [1.82, 2.24) is 4.90 Å². The molecule has 1 rings (SSSR count). The van der Waals surface area contributed by atoms with Gasteiger partial charge in [-0.15, -0.1) is 0 Å². The number of amides is 2. The highest BCUT2D eigenvalue weighted by molar-refractivity contribution is 6.05. The van der Waals surface area contributed by atoms with Gasteiger partial charge in [0, 0.05) is 18.9 Å². The van der Waals surface area contributed by atoms with Gasteiger partial charge in [-0.1, -0.05) is 13.8 Å². The van der Waals surface area contributed by atoms with Crippen molar-refractivity contribution in [1.29, 1.82) is 0 Å². The highest BCUT2D eigenvalue weighted by Gasteiger charge is 2.38. The third-order valence-corrected chi connectivity index (χ3v) is 2.41. The Bertz CT molecular complexity index is 301. The Labute approximate surface area is 87.4 Å². The van der Waals surface area contributed by atoms with Gasteiger partial charge in [0.25, 0.3) is 5.91 Å². The highest BCUT2D eigenvalue weighted by Crippen LogP contribution is 2.16. The lowest BCUT2D eigenvalue weighted by atomic mass is 10.1. The molecule has 1 atom stereocenters. The molecule has 15 heavy (non-hydrogen) atoms. The van der Waals surface area contributed by atoms with Crippen LogP contribution in [0.25, 0.3) is 0 Å². The van der Waals surface area contributed by atoms with Crippen LogP contribution in [0.15, 0.2) is 0 Å². The second-order valence-corrected chi connectivity index (χ2v) is 3.93. The maximum Gasteiger partial charge on any atom is 0.264 e. The molecule has 1 fully saturated rings. The molecular formula is C10H14FNO3. The SMILES string of the molecule is CC(C)C(=O)CCN1C(=O)CC(F)C1=O. The first-order chi connectivity index (χ1) is 6.93. The summed E-state index contributed by atoms with van der Waals surface area (Å²) in [5.41, 5.74) is 0. The van der Waals surface area contributed by atoms with Crippen molar-refractivity contribution in [3.8, 4) is 0 Å². The third-order valence-electron chi connectivity index (χ3n) is 2.41. The first-order valence-corrected chi connectivity index (χ1v) is 4.94. The lowest BCUT2D eigenvalue weighted by Crippen LogP contribution is -2.33. The molecule has 84 valence electrons. The molecule has 1 aliphatic rings. The number of likely N-dealkylation sites (tertiary alicyclic amines) is 1. The summed E-state index contributed by atoms with van der Waals surface area (Å²) in [7, 11) is 0. The van der Waals surface area contributed by atoms with Gasteiger partial charge in [0.15, 0.2) is 6.17 Å². The molecule has 1 heterocycles. The first kappa shape index (κ1) is 11.8. The number of nitrogens with zero attached hydrogens (tertiary/aromatic N) is 1. The molecule has 0 radical (unpaired) electrons. The summed E-state index contributed by atoms with van der Waals surface area (Å²) in [6, 6.07) is 0. The van der Waals surface area contributed by atoms with E-state index in [9.17, 15) is 18.8 Å². The Balaban J connectivity index is 2.49. The van der Waals surface area contributed by atoms with Gasteiger partial charge in [0.05, 0.1) is 6.42 Å². The zero-order valence-corrected chi connectivity index (χ0v) is 8.83. The van der Waals surface area contributed by atoms with Gasteiger partial charge in [0.2, 0.25) is 5.91 Å². The summed E-state index contributed by atoms with van der Waals surface area (Å²) in [5.74, 6) is -1.49. The Morgan fingerprint density at radius 2 is 2.13 bits per heavy atom. The fraction of sp³-hybridized carbons (Fsp3) is 0.700. The summed E-state index contributed by atoms with van der Waals surface area (Å²) in [6.45, 7) is 3.50. The minimum Gasteiger partial charge on any atom is -0.299 e. The Kier molecular flexibility index (Phi) is 3.55. The van der Waals surface area contributed by atoms with Gasteiger partial charge < -0.3 is 0 Å². The number of imide groups is 1. The van der Waals surface area contributed by atoms with Crippen molar-refractivity contribution < 1.29 is 18.8 Å². The number of carbonyl (C=O) groups excluding carboxylic acids is 3. The van der Waals surface area contributed by atoms with E-state index in [0.717, 1.165) is 4.90 Å². The van der Waals surface area contributed by atoms with E-state index in [4.69, 9.17) is 0 Å². The van der Waals surface area contributed by atoms with E-state index in [0.29, 0.717) is 0 Å². The smallest absolute Gasteiger partial charge is 0.264 e. The molecule has 0 saturated carbocycles. The van der Waals surface area contributed by atoms with Crippen LogP contribution in [0.4, 0.5) is 4.39 Å². The monoisotopic (exact) mass is 215 g/mol. The Hall–Kier alpha value is -1.26. The van der Waals surface area contributed by atoms with Crippen LogP contribution in [0.5, 0.6) is 0 Å². The molecule has 5 heteroatoms.